The molecule has 1 aliphatic rings. The van der Waals surface area contributed by atoms with Gasteiger partial charge in [0.1, 0.15) is 17.6 Å². The van der Waals surface area contributed by atoms with Crippen LogP contribution in [-0.2, 0) is 19.5 Å². The van der Waals surface area contributed by atoms with Gasteiger partial charge in [0, 0.05) is 29.6 Å². The number of tetrazole rings is 1. The van der Waals surface area contributed by atoms with Crippen molar-refractivity contribution in [1.82, 2.24) is 30.1 Å². The van der Waals surface area contributed by atoms with Gasteiger partial charge in [0.2, 0.25) is 0 Å². The first-order valence-corrected chi connectivity index (χ1v) is 12.1. The molecule has 2 aromatic heterocycles. The minimum atomic E-state index is -0.497. The fourth-order valence-corrected chi connectivity index (χ4v) is 5.05. The van der Waals surface area contributed by atoms with Crippen LogP contribution in [0.2, 0.25) is 0 Å². The number of methoxy groups -OCH3 is 1. The van der Waals surface area contributed by atoms with Crippen LogP contribution in [-0.4, -0.2) is 43.7 Å². The van der Waals surface area contributed by atoms with Crippen molar-refractivity contribution in [3.05, 3.63) is 117 Å². The minimum Gasteiger partial charge on any atom is -0.497 e. The van der Waals surface area contributed by atoms with E-state index in [4.69, 9.17) is 4.74 Å². The van der Waals surface area contributed by atoms with Crippen molar-refractivity contribution in [2.24, 2.45) is 0 Å². The van der Waals surface area contributed by atoms with Crippen molar-refractivity contribution in [2.75, 3.05) is 13.7 Å². The third-order valence-electron chi connectivity index (χ3n) is 6.95. The third kappa shape index (κ3) is 4.49. The molecular formula is C28H25FN6O2. The Morgan fingerprint density at radius 3 is 2.68 bits per heavy atom. The van der Waals surface area contributed by atoms with Crippen molar-refractivity contribution in [3.8, 4) is 5.75 Å². The van der Waals surface area contributed by atoms with Crippen LogP contribution in [0.15, 0.2) is 77.6 Å². The van der Waals surface area contributed by atoms with Crippen molar-refractivity contribution in [1.29, 1.82) is 0 Å². The molecule has 1 unspecified atom stereocenters. The molecule has 0 fully saturated rings. The van der Waals surface area contributed by atoms with Gasteiger partial charge in [-0.25, -0.2) is 9.07 Å². The lowest BCUT2D eigenvalue weighted by Gasteiger charge is -2.34. The van der Waals surface area contributed by atoms with Gasteiger partial charge in [-0.2, -0.15) is 0 Å². The van der Waals surface area contributed by atoms with Gasteiger partial charge in [0.05, 0.1) is 13.7 Å². The summed E-state index contributed by atoms with van der Waals surface area (Å²) in [7, 11) is 1.62. The Hall–Kier alpha value is -4.37. The standard InChI is InChI=1S/C28H25FN6O2/c1-37-23-10-11-25-21(14-23)15-24(28(36)30-25)26(34-13-12-19-4-2-3-5-20(19)17-34)27-31-32-33-35(27)16-18-6-8-22(29)9-7-18/h2-11,14-15,26H,12-13,16-17H2,1H3,(H,30,36). The molecule has 37 heavy (non-hydrogen) atoms. The molecule has 0 radical (unpaired) electrons. The Bertz CT molecular complexity index is 1630. The van der Waals surface area contributed by atoms with Gasteiger partial charge in [0.25, 0.3) is 5.56 Å². The molecule has 1 N–H and O–H groups in total. The number of aromatic amines is 1. The average Bonchev–Trinajstić information content (AvgIpc) is 3.37. The molecule has 5 aromatic rings. The molecule has 3 heterocycles. The van der Waals surface area contributed by atoms with Gasteiger partial charge in [-0.15, -0.1) is 5.10 Å². The smallest absolute Gasteiger partial charge is 0.253 e. The average molecular weight is 497 g/mol. The third-order valence-corrected chi connectivity index (χ3v) is 6.95. The number of rotatable bonds is 6. The fraction of sp³-hybridized carbons (Fsp3) is 0.214. The number of nitrogens with one attached hydrogen (secondary N) is 1. The summed E-state index contributed by atoms with van der Waals surface area (Å²) in [5.74, 6) is 0.954. The zero-order valence-corrected chi connectivity index (χ0v) is 20.3. The van der Waals surface area contributed by atoms with Crippen LogP contribution in [0.1, 0.15) is 34.1 Å². The number of H-pyrrole nitrogens is 1. The van der Waals surface area contributed by atoms with Gasteiger partial charge in [0.15, 0.2) is 5.82 Å². The maximum atomic E-state index is 13.5. The quantitative estimate of drug-likeness (QED) is 0.384. The van der Waals surface area contributed by atoms with E-state index in [9.17, 15) is 9.18 Å². The van der Waals surface area contributed by atoms with Crippen molar-refractivity contribution >= 4 is 10.9 Å². The number of hydrogen-bond acceptors (Lipinski definition) is 6. The van der Waals surface area contributed by atoms with E-state index < -0.39 is 6.04 Å². The number of ether oxygens (including phenoxy) is 1. The SMILES string of the molecule is COc1ccc2[nH]c(=O)c(C(c3nnnn3Cc3ccc(F)cc3)N3CCc4ccccc4C3)cc2c1. The first-order valence-electron chi connectivity index (χ1n) is 12.1. The summed E-state index contributed by atoms with van der Waals surface area (Å²) in [6.07, 6.45) is 0.853. The van der Waals surface area contributed by atoms with Crippen LogP contribution in [0.25, 0.3) is 10.9 Å². The van der Waals surface area contributed by atoms with Gasteiger partial charge in [-0.1, -0.05) is 36.4 Å². The van der Waals surface area contributed by atoms with E-state index in [0.717, 1.165) is 29.4 Å². The normalized spacial score (nSPS) is 14.4. The van der Waals surface area contributed by atoms with E-state index >= 15 is 0 Å². The maximum absolute atomic E-state index is 13.5. The fourth-order valence-electron chi connectivity index (χ4n) is 5.05. The lowest BCUT2D eigenvalue weighted by atomic mass is 9.96. The van der Waals surface area contributed by atoms with E-state index in [1.807, 2.05) is 30.3 Å². The van der Waals surface area contributed by atoms with Crippen LogP contribution in [0.4, 0.5) is 4.39 Å². The number of aromatic nitrogens is 5. The highest BCUT2D eigenvalue weighted by Crippen LogP contribution is 2.32. The molecule has 0 saturated heterocycles. The summed E-state index contributed by atoms with van der Waals surface area (Å²) in [4.78, 5) is 18.8. The van der Waals surface area contributed by atoms with Crippen molar-refractivity contribution in [3.63, 3.8) is 0 Å². The van der Waals surface area contributed by atoms with Crippen LogP contribution < -0.4 is 10.3 Å². The second-order valence-corrected chi connectivity index (χ2v) is 9.22. The summed E-state index contributed by atoms with van der Waals surface area (Å²) < 4.78 is 20.6. The molecule has 8 nitrogen and oxygen atoms in total. The monoisotopic (exact) mass is 496 g/mol. The number of hydrogen-bond donors (Lipinski definition) is 1. The van der Waals surface area contributed by atoms with Crippen LogP contribution in [0.5, 0.6) is 5.75 Å². The molecule has 6 rings (SSSR count). The number of halogens is 1. The second kappa shape index (κ2) is 9.59. The maximum Gasteiger partial charge on any atom is 0.253 e. The number of benzene rings is 3. The largest absolute Gasteiger partial charge is 0.497 e. The number of pyridine rings is 1. The van der Waals surface area contributed by atoms with Gasteiger partial charge >= 0.3 is 0 Å². The molecule has 0 bridgehead atoms. The summed E-state index contributed by atoms with van der Waals surface area (Å²) >= 11 is 0. The summed E-state index contributed by atoms with van der Waals surface area (Å²) in [5.41, 5.74) is 4.46. The van der Waals surface area contributed by atoms with Crippen LogP contribution in [0, 0.1) is 5.82 Å². The van der Waals surface area contributed by atoms with Crippen molar-refractivity contribution < 1.29 is 9.13 Å². The lowest BCUT2D eigenvalue weighted by Crippen LogP contribution is -2.38. The topological polar surface area (TPSA) is 88.9 Å². The Kier molecular flexibility index (Phi) is 5.97. The predicted octanol–water partition coefficient (Wildman–Crippen LogP) is 3.86. The molecule has 0 spiro atoms. The lowest BCUT2D eigenvalue weighted by molar-refractivity contribution is 0.194. The highest BCUT2D eigenvalue weighted by atomic mass is 19.1. The van der Waals surface area contributed by atoms with E-state index in [1.54, 1.807) is 23.9 Å². The summed E-state index contributed by atoms with van der Waals surface area (Å²) in [6, 6.07) is 21.6. The van der Waals surface area contributed by atoms with E-state index in [0.29, 0.717) is 30.2 Å². The van der Waals surface area contributed by atoms with Crippen LogP contribution >= 0.6 is 0 Å². The Balaban J connectivity index is 1.47. The van der Waals surface area contributed by atoms with E-state index in [2.05, 4.69) is 43.6 Å². The predicted molar refractivity (Wildman–Crippen MR) is 137 cm³/mol. The molecule has 186 valence electrons. The first-order chi connectivity index (χ1) is 18.1. The Morgan fingerprint density at radius 1 is 1.05 bits per heavy atom. The first kappa shape index (κ1) is 23.1. The zero-order chi connectivity index (χ0) is 25.4. The molecule has 1 aliphatic heterocycles. The zero-order valence-electron chi connectivity index (χ0n) is 20.3. The van der Waals surface area contributed by atoms with E-state index in [1.165, 1.54) is 23.3 Å². The number of nitrogens with zero attached hydrogens (tertiary/aromatic N) is 5. The molecule has 0 amide bonds. The summed E-state index contributed by atoms with van der Waals surface area (Å²) in [5, 5.41) is 13.5. The number of fused-ring (bicyclic) bond motifs is 2. The van der Waals surface area contributed by atoms with Crippen molar-refractivity contribution in [2.45, 2.75) is 25.6 Å². The molecule has 3 aromatic carbocycles. The Labute approximate surface area is 212 Å². The molecule has 1 atom stereocenters. The van der Waals surface area contributed by atoms with Gasteiger partial charge < -0.3 is 9.72 Å². The van der Waals surface area contributed by atoms with Gasteiger partial charge in [-0.3, -0.25) is 9.69 Å². The molecule has 0 aliphatic carbocycles. The molecular weight excluding hydrogens is 471 g/mol. The Morgan fingerprint density at radius 2 is 1.86 bits per heavy atom. The highest BCUT2D eigenvalue weighted by Gasteiger charge is 2.32. The van der Waals surface area contributed by atoms with Gasteiger partial charge in [-0.05, 0) is 69.9 Å². The summed E-state index contributed by atoms with van der Waals surface area (Å²) in [6.45, 7) is 1.74. The van der Waals surface area contributed by atoms with Crippen LogP contribution in [0.3, 0.4) is 0 Å². The minimum absolute atomic E-state index is 0.196. The molecule has 9 heteroatoms. The highest BCUT2D eigenvalue weighted by molar-refractivity contribution is 5.80. The second-order valence-electron chi connectivity index (χ2n) is 9.22. The molecule has 0 saturated carbocycles. The van der Waals surface area contributed by atoms with E-state index in [-0.39, 0.29) is 11.4 Å².